The van der Waals surface area contributed by atoms with E-state index in [1.807, 2.05) is 25.1 Å². The zero-order valence-corrected chi connectivity index (χ0v) is 14.4. The van der Waals surface area contributed by atoms with E-state index in [4.69, 9.17) is 4.74 Å². The Labute approximate surface area is 146 Å². The predicted octanol–water partition coefficient (Wildman–Crippen LogP) is 5.18. The van der Waals surface area contributed by atoms with Crippen LogP contribution in [0, 0.1) is 6.92 Å². The van der Waals surface area contributed by atoms with Gasteiger partial charge in [-0.3, -0.25) is 4.79 Å². The van der Waals surface area contributed by atoms with E-state index in [2.05, 4.69) is 21.2 Å². The molecule has 0 heterocycles. The molecule has 0 bridgehead atoms. The molecule has 0 fully saturated rings. The molecule has 2 aromatic rings. The number of halogens is 4. The van der Waals surface area contributed by atoms with Crippen LogP contribution in [0.3, 0.4) is 0 Å². The molecule has 3 nitrogen and oxygen atoms in total. The molecule has 0 unspecified atom stereocenters. The molecule has 0 atom stereocenters. The maximum atomic E-state index is 12.8. The average molecular weight is 402 g/mol. The molecule has 7 heteroatoms. The molecule has 0 aliphatic carbocycles. The van der Waals surface area contributed by atoms with Gasteiger partial charge in [0.05, 0.1) is 18.6 Å². The Balaban J connectivity index is 1.92. The molecule has 0 aliphatic heterocycles. The molecule has 0 aromatic heterocycles. The van der Waals surface area contributed by atoms with Gasteiger partial charge in [0, 0.05) is 10.2 Å². The van der Waals surface area contributed by atoms with Gasteiger partial charge < -0.3 is 10.1 Å². The normalized spacial score (nSPS) is 11.2. The van der Waals surface area contributed by atoms with Gasteiger partial charge in [0.1, 0.15) is 5.75 Å². The van der Waals surface area contributed by atoms with Crippen LogP contribution in [0.15, 0.2) is 46.9 Å². The van der Waals surface area contributed by atoms with Crippen molar-refractivity contribution in [2.24, 2.45) is 0 Å². The van der Waals surface area contributed by atoms with Gasteiger partial charge in [-0.1, -0.05) is 34.1 Å². The van der Waals surface area contributed by atoms with Gasteiger partial charge in [-0.2, -0.15) is 13.2 Å². The predicted molar refractivity (Wildman–Crippen MR) is 89.1 cm³/mol. The van der Waals surface area contributed by atoms with E-state index in [0.717, 1.165) is 11.6 Å². The number of hydrogen-bond donors (Lipinski definition) is 1. The number of para-hydroxylation sites is 1. The van der Waals surface area contributed by atoms with Crippen LogP contribution in [0.4, 0.5) is 18.9 Å². The SMILES string of the molecule is Cc1ccccc1OCCC(=O)Nc1ccc(Br)c(C(F)(F)F)c1. The number of carbonyl (C=O) groups is 1. The van der Waals surface area contributed by atoms with E-state index in [1.54, 1.807) is 6.07 Å². The summed E-state index contributed by atoms with van der Waals surface area (Å²) in [7, 11) is 0. The van der Waals surface area contributed by atoms with E-state index >= 15 is 0 Å². The second kappa shape index (κ2) is 7.70. The number of ether oxygens (including phenoxy) is 1. The Bertz CT molecular complexity index is 732. The molecular weight excluding hydrogens is 387 g/mol. The van der Waals surface area contributed by atoms with Crippen molar-refractivity contribution in [1.82, 2.24) is 0 Å². The van der Waals surface area contributed by atoms with E-state index < -0.39 is 17.6 Å². The van der Waals surface area contributed by atoms with Crippen LogP contribution < -0.4 is 10.1 Å². The van der Waals surface area contributed by atoms with Gasteiger partial charge in [0.15, 0.2) is 0 Å². The fraction of sp³-hybridized carbons (Fsp3) is 0.235. The van der Waals surface area contributed by atoms with Gasteiger partial charge in [-0.05, 0) is 36.8 Å². The minimum atomic E-state index is -4.49. The zero-order valence-electron chi connectivity index (χ0n) is 12.8. The smallest absolute Gasteiger partial charge is 0.417 e. The number of anilines is 1. The third kappa shape index (κ3) is 4.99. The van der Waals surface area contributed by atoms with Gasteiger partial charge in [0.25, 0.3) is 0 Å². The van der Waals surface area contributed by atoms with Crippen molar-refractivity contribution < 1.29 is 22.7 Å². The Morgan fingerprint density at radius 1 is 1.21 bits per heavy atom. The van der Waals surface area contributed by atoms with Gasteiger partial charge in [-0.25, -0.2) is 0 Å². The Hall–Kier alpha value is -2.02. The lowest BCUT2D eigenvalue weighted by molar-refractivity contribution is -0.138. The summed E-state index contributed by atoms with van der Waals surface area (Å²) in [5.74, 6) is 0.257. The summed E-state index contributed by atoms with van der Waals surface area (Å²) >= 11 is 2.85. The van der Waals surface area contributed by atoms with Crippen LogP contribution in [0.5, 0.6) is 5.75 Å². The first kappa shape index (κ1) is 18.3. The monoisotopic (exact) mass is 401 g/mol. The molecule has 0 spiro atoms. The third-order valence-corrected chi connectivity index (χ3v) is 3.93. The summed E-state index contributed by atoms with van der Waals surface area (Å²) in [4.78, 5) is 11.8. The van der Waals surface area contributed by atoms with E-state index in [1.165, 1.54) is 12.1 Å². The van der Waals surface area contributed by atoms with Crippen LogP contribution in [-0.4, -0.2) is 12.5 Å². The Morgan fingerprint density at radius 3 is 2.58 bits per heavy atom. The van der Waals surface area contributed by atoms with Crippen LogP contribution in [0.1, 0.15) is 17.5 Å². The highest BCUT2D eigenvalue weighted by Gasteiger charge is 2.33. The second-order valence-corrected chi connectivity index (χ2v) is 5.96. The van der Waals surface area contributed by atoms with E-state index in [-0.39, 0.29) is 23.2 Å². The minimum Gasteiger partial charge on any atom is -0.493 e. The summed E-state index contributed by atoms with van der Waals surface area (Å²) in [5.41, 5.74) is 0.198. The molecule has 2 aromatic carbocycles. The highest BCUT2D eigenvalue weighted by molar-refractivity contribution is 9.10. The fourth-order valence-electron chi connectivity index (χ4n) is 2.02. The molecule has 1 N–H and O–H groups in total. The van der Waals surface area contributed by atoms with Crippen molar-refractivity contribution in [1.29, 1.82) is 0 Å². The third-order valence-electron chi connectivity index (χ3n) is 3.24. The average Bonchev–Trinajstić information content (AvgIpc) is 2.50. The highest BCUT2D eigenvalue weighted by atomic mass is 79.9. The number of benzene rings is 2. The van der Waals surface area contributed by atoms with Crippen LogP contribution >= 0.6 is 15.9 Å². The largest absolute Gasteiger partial charge is 0.493 e. The number of hydrogen-bond acceptors (Lipinski definition) is 2. The first-order chi connectivity index (χ1) is 11.3. The van der Waals surface area contributed by atoms with Gasteiger partial charge >= 0.3 is 6.18 Å². The number of nitrogens with one attached hydrogen (secondary N) is 1. The quantitative estimate of drug-likeness (QED) is 0.748. The lowest BCUT2D eigenvalue weighted by atomic mass is 10.2. The van der Waals surface area contributed by atoms with Crippen molar-refractivity contribution in [3.05, 3.63) is 58.1 Å². The molecule has 128 valence electrons. The molecule has 0 saturated carbocycles. The lowest BCUT2D eigenvalue weighted by Gasteiger charge is -2.12. The molecule has 2 rings (SSSR count). The standard InChI is InChI=1S/C17H15BrF3NO2/c1-11-4-2-3-5-15(11)24-9-8-16(23)22-12-6-7-14(18)13(10-12)17(19,20)21/h2-7,10H,8-9H2,1H3,(H,22,23). The summed E-state index contributed by atoms with van der Waals surface area (Å²) in [5, 5.41) is 2.44. The molecule has 0 saturated heterocycles. The van der Waals surface area contributed by atoms with Crippen molar-refractivity contribution in [2.45, 2.75) is 19.5 Å². The number of alkyl halides is 3. The van der Waals surface area contributed by atoms with E-state index in [9.17, 15) is 18.0 Å². The molecule has 24 heavy (non-hydrogen) atoms. The van der Waals surface area contributed by atoms with Crippen molar-refractivity contribution in [3.63, 3.8) is 0 Å². The van der Waals surface area contributed by atoms with Crippen molar-refractivity contribution in [3.8, 4) is 5.75 Å². The summed E-state index contributed by atoms with van der Waals surface area (Å²) in [6, 6.07) is 10.9. The Morgan fingerprint density at radius 2 is 1.92 bits per heavy atom. The van der Waals surface area contributed by atoms with Gasteiger partial charge in [0.2, 0.25) is 5.91 Å². The number of aryl methyl sites for hydroxylation is 1. The summed E-state index contributed by atoms with van der Waals surface area (Å²) in [6.07, 6.45) is -4.46. The van der Waals surface area contributed by atoms with Crippen LogP contribution in [0.2, 0.25) is 0 Å². The Kier molecular flexibility index (Phi) is 5.88. The van der Waals surface area contributed by atoms with Crippen LogP contribution in [0.25, 0.3) is 0 Å². The first-order valence-electron chi connectivity index (χ1n) is 7.12. The lowest BCUT2D eigenvalue weighted by Crippen LogP contribution is -2.16. The number of carbonyl (C=O) groups excluding carboxylic acids is 1. The van der Waals surface area contributed by atoms with Crippen LogP contribution in [-0.2, 0) is 11.0 Å². The highest BCUT2D eigenvalue weighted by Crippen LogP contribution is 2.36. The molecule has 0 aliphatic rings. The number of amides is 1. The zero-order chi connectivity index (χ0) is 17.7. The maximum absolute atomic E-state index is 12.8. The molecular formula is C17H15BrF3NO2. The number of rotatable bonds is 5. The van der Waals surface area contributed by atoms with Crippen molar-refractivity contribution >= 4 is 27.5 Å². The fourth-order valence-corrected chi connectivity index (χ4v) is 2.49. The second-order valence-electron chi connectivity index (χ2n) is 5.10. The summed E-state index contributed by atoms with van der Waals surface area (Å²) < 4.78 is 43.9. The van der Waals surface area contributed by atoms with E-state index in [0.29, 0.717) is 5.75 Å². The first-order valence-corrected chi connectivity index (χ1v) is 7.91. The van der Waals surface area contributed by atoms with Gasteiger partial charge in [-0.15, -0.1) is 0 Å². The maximum Gasteiger partial charge on any atom is 0.417 e. The molecule has 1 amide bonds. The topological polar surface area (TPSA) is 38.3 Å². The summed E-state index contributed by atoms with van der Waals surface area (Å²) in [6.45, 7) is 2.02. The minimum absolute atomic E-state index is 0.0335. The van der Waals surface area contributed by atoms with Crippen molar-refractivity contribution in [2.75, 3.05) is 11.9 Å². The molecule has 0 radical (unpaired) electrons.